The van der Waals surface area contributed by atoms with Gasteiger partial charge in [0, 0.05) is 19.1 Å². The van der Waals surface area contributed by atoms with Crippen molar-refractivity contribution in [3.63, 3.8) is 0 Å². The van der Waals surface area contributed by atoms with E-state index in [1.807, 2.05) is 50.2 Å². The largest absolute Gasteiger partial charge is 0.468 e. The molecule has 1 aromatic carbocycles. The lowest BCUT2D eigenvalue weighted by Gasteiger charge is -2.22. The Hall–Kier alpha value is -2.60. The Kier molecular flexibility index (Phi) is 6.29. The predicted molar refractivity (Wildman–Crippen MR) is 103 cm³/mol. The molecule has 0 spiro atoms. The lowest BCUT2D eigenvalue weighted by atomic mass is 10.1. The summed E-state index contributed by atoms with van der Waals surface area (Å²) in [5, 5.41) is 5.99. The molecule has 1 fully saturated rings. The fraction of sp³-hybridized carbons (Fsp3) is 0.429. The summed E-state index contributed by atoms with van der Waals surface area (Å²) in [5.74, 6) is 0.805. The van der Waals surface area contributed by atoms with Gasteiger partial charge in [0.15, 0.2) is 0 Å². The lowest BCUT2D eigenvalue weighted by molar-refractivity contribution is -0.125. The molecule has 1 saturated heterocycles. The summed E-state index contributed by atoms with van der Waals surface area (Å²) in [4.78, 5) is 27.0. The Balaban J connectivity index is 1.62. The molecule has 1 aliphatic heterocycles. The molecule has 3 rings (SSSR count). The second kappa shape index (κ2) is 8.86. The van der Waals surface area contributed by atoms with Crippen LogP contribution in [0.25, 0.3) is 0 Å². The van der Waals surface area contributed by atoms with Crippen LogP contribution in [0.5, 0.6) is 0 Å². The molecular formula is C21H27N3O3. The van der Waals surface area contributed by atoms with E-state index in [9.17, 15) is 9.59 Å². The van der Waals surface area contributed by atoms with Crippen molar-refractivity contribution in [2.24, 2.45) is 0 Å². The number of nitrogens with one attached hydrogen (secondary N) is 2. The molecule has 0 bridgehead atoms. The van der Waals surface area contributed by atoms with Crippen LogP contribution in [0.4, 0.5) is 0 Å². The third-order valence-electron chi connectivity index (χ3n) is 4.97. The van der Waals surface area contributed by atoms with E-state index in [4.69, 9.17) is 4.42 Å². The molecule has 2 heterocycles. The van der Waals surface area contributed by atoms with Crippen molar-refractivity contribution >= 4 is 11.8 Å². The fourth-order valence-electron chi connectivity index (χ4n) is 3.61. The first-order chi connectivity index (χ1) is 13.1. The van der Waals surface area contributed by atoms with Crippen LogP contribution in [0.2, 0.25) is 0 Å². The minimum atomic E-state index is -0.265. The Morgan fingerprint density at radius 1 is 1.22 bits per heavy atom. The molecule has 0 aliphatic carbocycles. The zero-order valence-corrected chi connectivity index (χ0v) is 15.9. The minimum absolute atomic E-state index is 0.000270. The Labute approximate surface area is 159 Å². The molecule has 2 amide bonds. The number of likely N-dealkylation sites (N-methyl/N-ethyl adjacent to an activating group) is 1. The smallest absolute Gasteiger partial charge is 0.237 e. The highest BCUT2D eigenvalue weighted by Crippen LogP contribution is 2.21. The van der Waals surface area contributed by atoms with Crippen molar-refractivity contribution in [3.8, 4) is 0 Å². The molecule has 144 valence electrons. The van der Waals surface area contributed by atoms with Crippen molar-refractivity contribution < 1.29 is 14.0 Å². The van der Waals surface area contributed by atoms with Crippen molar-refractivity contribution in [3.05, 3.63) is 59.5 Å². The van der Waals surface area contributed by atoms with Gasteiger partial charge in [0.25, 0.3) is 0 Å². The van der Waals surface area contributed by atoms with Crippen molar-refractivity contribution in [2.75, 3.05) is 13.1 Å². The maximum absolute atomic E-state index is 12.5. The Morgan fingerprint density at radius 3 is 2.74 bits per heavy atom. The average Bonchev–Trinajstić information content (AvgIpc) is 3.27. The minimum Gasteiger partial charge on any atom is -0.468 e. The van der Waals surface area contributed by atoms with Gasteiger partial charge in [-0.25, -0.2) is 0 Å². The fourth-order valence-corrected chi connectivity index (χ4v) is 3.61. The number of amides is 2. The highest BCUT2D eigenvalue weighted by Gasteiger charge is 2.37. The van der Waals surface area contributed by atoms with Gasteiger partial charge in [0.2, 0.25) is 11.8 Å². The van der Waals surface area contributed by atoms with E-state index in [1.165, 1.54) is 0 Å². The molecule has 6 nitrogen and oxygen atoms in total. The van der Waals surface area contributed by atoms with Crippen LogP contribution >= 0.6 is 0 Å². The van der Waals surface area contributed by atoms with Crippen molar-refractivity contribution in [1.29, 1.82) is 0 Å². The van der Waals surface area contributed by atoms with Crippen molar-refractivity contribution in [1.82, 2.24) is 15.5 Å². The number of carbonyl (C=O) groups excluding carboxylic acids is 2. The third-order valence-corrected chi connectivity index (χ3v) is 4.97. The Morgan fingerprint density at radius 2 is 2.04 bits per heavy atom. The zero-order valence-electron chi connectivity index (χ0n) is 15.9. The number of rotatable bonds is 7. The molecule has 2 atom stereocenters. The molecule has 1 aliphatic rings. The monoisotopic (exact) mass is 369 g/mol. The Bertz CT molecular complexity index is 773. The SMILES string of the molecule is CCNC(=O)[C@@H]1C[C@H](NC(=O)Cc2ccccc2C)CN1Cc1ccco1. The van der Waals surface area contributed by atoms with E-state index >= 15 is 0 Å². The van der Waals surface area contributed by atoms with Gasteiger partial charge >= 0.3 is 0 Å². The number of aryl methyl sites for hydroxylation is 1. The molecule has 2 aromatic rings. The first-order valence-corrected chi connectivity index (χ1v) is 9.44. The van der Waals surface area contributed by atoms with E-state index in [0.29, 0.717) is 32.5 Å². The van der Waals surface area contributed by atoms with Crippen LogP contribution in [0.3, 0.4) is 0 Å². The maximum Gasteiger partial charge on any atom is 0.237 e. The number of hydrogen-bond acceptors (Lipinski definition) is 4. The number of benzene rings is 1. The molecule has 0 radical (unpaired) electrons. The van der Waals surface area contributed by atoms with Crippen LogP contribution < -0.4 is 10.6 Å². The first kappa shape index (κ1) is 19.2. The van der Waals surface area contributed by atoms with Crippen LogP contribution in [-0.4, -0.2) is 41.9 Å². The molecule has 6 heteroatoms. The average molecular weight is 369 g/mol. The molecule has 27 heavy (non-hydrogen) atoms. The van der Waals surface area contributed by atoms with Gasteiger partial charge in [-0.05, 0) is 43.5 Å². The molecule has 0 unspecified atom stereocenters. The third kappa shape index (κ3) is 4.98. The van der Waals surface area contributed by atoms with Crippen LogP contribution in [-0.2, 0) is 22.6 Å². The van der Waals surface area contributed by atoms with E-state index in [0.717, 1.165) is 16.9 Å². The summed E-state index contributed by atoms with van der Waals surface area (Å²) in [6, 6.07) is 11.3. The summed E-state index contributed by atoms with van der Waals surface area (Å²) < 4.78 is 5.43. The van der Waals surface area contributed by atoms with E-state index in [2.05, 4.69) is 15.5 Å². The van der Waals surface area contributed by atoms with E-state index in [-0.39, 0.29) is 23.9 Å². The lowest BCUT2D eigenvalue weighted by Crippen LogP contribution is -2.42. The normalized spacial score (nSPS) is 19.8. The second-order valence-corrected chi connectivity index (χ2v) is 7.02. The predicted octanol–water partition coefficient (Wildman–Crippen LogP) is 2.03. The second-order valence-electron chi connectivity index (χ2n) is 7.02. The number of likely N-dealkylation sites (tertiary alicyclic amines) is 1. The summed E-state index contributed by atoms with van der Waals surface area (Å²) in [7, 11) is 0. The molecule has 2 N–H and O–H groups in total. The standard InChI is InChI=1S/C21H27N3O3/c1-3-22-21(26)19-12-17(13-24(19)14-18-9-6-10-27-18)23-20(25)11-16-8-5-4-7-15(16)2/h4-10,17,19H,3,11-14H2,1-2H3,(H,22,26)(H,23,25)/t17-,19-/m0/s1. The zero-order chi connectivity index (χ0) is 19.2. The summed E-state index contributed by atoms with van der Waals surface area (Å²) in [6.45, 7) is 5.69. The molecule has 1 aromatic heterocycles. The van der Waals surface area contributed by atoms with E-state index in [1.54, 1.807) is 6.26 Å². The van der Waals surface area contributed by atoms with Crippen LogP contribution in [0, 0.1) is 6.92 Å². The quantitative estimate of drug-likeness (QED) is 0.783. The number of nitrogens with zero attached hydrogens (tertiary/aromatic N) is 1. The van der Waals surface area contributed by atoms with Crippen LogP contribution in [0.15, 0.2) is 47.1 Å². The number of hydrogen-bond donors (Lipinski definition) is 2. The molecule has 0 saturated carbocycles. The topological polar surface area (TPSA) is 74.6 Å². The van der Waals surface area contributed by atoms with E-state index < -0.39 is 0 Å². The summed E-state index contributed by atoms with van der Waals surface area (Å²) in [5.41, 5.74) is 2.14. The van der Waals surface area contributed by atoms with Gasteiger partial charge in [-0.2, -0.15) is 0 Å². The maximum atomic E-state index is 12.5. The van der Waals surface area contributed by atoms with Gasteiger partial charge in [0.05, 0.1) is 25.3 Å². The van der Waals surface area contributed by atoms with Gasteiger partial charge < -0.3 is 15.1 Å². The number of carbonyl (C=O) groups is 2. The van der Waals surface area contributed by atoms with Crippen LogP contribution in [0.1, 0.15) is 30.2 Å². The molecular weight excluding hydrogens is 342 g/mol. The van der Waals surface area contributed by atoms with Gasteiger partial charge in [-0.1, -0.05) is 24.3 Å². The summed E-state index contributed by atoms with van der Waals surface area (Å²) in [6.07, 6.45) is 2.59. The first-order valence-electron chi connectivity index (χ1n) is 9.44. The highest BCUT2D eigenvalue weighted by atomic mass is 16.3. The van der Waals surface area contributed by atoms with Crippen molar-refractivity contribution in [2.45, 2.75) is 45.3 Å². The summed E-state index contributed by atoms with van der Waals surface area (Å²) >= 11 is 0. The highest BCUT2D eigenvalue weighted by molar-refractivity contribution is 5.83. The van der Waals surface area contributed by atoms with Gasteiger partial charge in [0.1, 0.15) is 5.76 Å². The number of furan rings is 1. The van der Waals surface area contributed by atoms with Gasteiger partial charge in [-0.15, -0.1) is 0 Å². The van der Waals surface area contributed by atoms with Gasteiger partial charge in [-0.3, -0.25) is 14.5 Å².